The van der Waals surface area contributed by atoms with E-state index in [4.69, 9.17) is 14.7 Å². The summed E-state index contributed by atoms with van der Waals surface area (Å²) < 4.78 is 37.7. The SMILES string of the molecule is COc1ccc(OC2CCCN(S(=O)(=O)c3ccc(C#N)cc3)C2)nn1. The fourth-order valence-corrected chi connectivity index (χ4v) is 4.23. The molecule has 8 nitrogen and oxygen atoms in total. The Morgan fingerprint density at radius 3 is 2.46 bits per heavy atom. The third-order valence-corrected chi connectivity index (χ3v) is 5.95. The molecular weight excluding hydrogens is 356 g/mol. The molecule has 2 aromatic rings. The molecule has 1 saturated heterocycles. The van der Waals surface area contributed by atoms with E-state index in [2.05, 4.69) is 10.2 Å². The van der Waals surface area contributed by atoms with Crippen molar-refractivity contribution in [3.05, 3.63) is 42.0 Å². The lowest BCUT2D eigenvalue weighted by molar-refractivity contribution is 0.123. The Morgan fingerprint density at radius 2 is 1.85 bits per heavy atom. The van der Waals surface area contributed by atoms with Gasteiger partial charge in [0.25, 0.3) is 0 Å². The summed E-state index contributed by atoms with van der Waals surface area (Å²) in [5, 5.41) is 16.6. The number of hydrogen-bond donors (Lipinski definition) is 0. The lowest BCUT2D eigenvalue weighted by Gasteiger charge is -2.31. The van der Waals surface area contributed by atoms with Crippen molar-refractivity contribution >= 4 is 10.0 Å². The number of piperidine rings is 1. The van der Waals surface area contributed by atoms with Crippen molar-refractivity contribution in [1.29, 1.82) is 5.26 Å². The third-order valence-electron chi connectivity index (χ3n) is 4.07. The molecule has 9 heteroatoms. The second-order valence-corrected chi connectivity index (χ2v) is 7.73. The zero-order valence-corrected chi connectivity index (χ0v) is 15.0. The van der Waals surface area contributed by atoms with Crippen LogP contribution in [0.2, 0.25) is 0 Å². The van der Waals surface area contributed by atoms with Gasteiger partial charge >= 0.3 is 0 Å². The maximum absolute atomic E-state index is 12.8. The van der Waals surface area contributed by atoms with Crippen molar-refractivity contribution < 1.29 is 17.9 Å². The number of aromatic nitrogens is 2. The van der Waals surface area contributed by atoms with E-state index in [0.29, 0.717) is 30.3 Å². The van der Waals surface area contributed by atoms with Crippen LogP contribution in [0.3, 0.4) is 0 Å². The molecule has 0 spiro atoms. The van der Waals surface area contributed by atoms with Gasteiger partial charge in [-0.25, -0.2) is 8.42 Å². The van der Waals surface area contributed by atoms with Crippen LogP contribution in [-0.2, 0) is 10.0 Å². The highest BCUT2D eigenvalue weighted by molar-refractivity contribution is 7.89. The first-order chi connectivity index (χ1) is 12.5. The molecule has 1 fully saturated rings. The van der Waals surface area contributed by atoms with Gasteiger partial charge in [0.2, 0.25) is 21.8 Å². The Balaban J connectivity index is 1.71. The molecule has 26 heavy (non-hydrogen) atoms. The predicted molar refractivity (Wildman–Crippen MR) is 92.1 cm³/mol. The van der Waals surface area contributed by atoms with E-state index in [9.17, 15) is 8.42 Å². The summed E-state index contributed by atoms with van der Waals surface area (Å²) >= 11 is 0. The Morgan fingerprint density at radius 1 is 1.15 bits per heavy atom. The molecule has 0 N–H and O–H groups in total. The number of hydrogen-bond acceptors (Lipinski definition) is 7. The topological polar surface area (TPSA) is 105 Å². The van der Waals surface area contributed by atoms with E-state index in [1.807, 2.05) is 6.07 Å². The summed E-state index contributed by atoms with van der Waals surface area (Å²) in [5.41, 5.74) is 0.418. The second kappa shape index (κ2) is 7.68. The molecule has 1 unspecified atom stereocenters. The zero-order valence-electron chi connectivity index (χ0n) is 14.2. The van der Waals surface area contributed by atoms with Gasteiger partial charge < -0.3 is 9.47 Å². The van der Waals surface area contributed by atoms with Crippen molar-refractivity contribution in [3.63, 3.8) is 0 Å². The molecule has 136 valence electrons. The molecule has 0 amide bonds. The standard InChI is InChI=1S/C17H18N4O4S/c1-24-16-8-9-17(20-19-16)25-14-3-2-10-21(12-14)26(22,23)15-6-4-13(11-18)5-7-15/h4-9,14H,2-3,10,12H2,1H3. The van der Waals surface area contributed by atoms with Gasteiger partial charge in [-0.2, -0.15) is 9.57 Å². The number of benzene rings is 1. The summed E-state index contributed by atoms with van der Waals surface area (Å²) in [5.74, 6) is 0.708. The Labute approximate surface area is 152 Å². The van der Waals surface area contributed by atoms with Crippen LogP contribution >= 0.6 is 0 Å². The normalized spacial score (nSPS) is 18.1. The molecule has 1 aromatic carbocycles. The first kappa shape index (κ1) is 18.1. The van der Waals surface area contributed by atoms with E-state index < -0.39 is 10.0 Å². The number of sulfonamides is 1. The average molecular weight is 374 g/mol. The fraction of sp³-hybridized carbons (Fsp3) is 0.353. The summed E-state index contributed by atoms with van der Waals surface area (Å²) in [6.07, 6.45) is 1.11. The largest absolute Gasteiger partial charge is 0.480 e. The lowest BCUT2D eigenvalue weighted by atomic mass is 10.1. The predicted octanol–water partition coefficient (Wildman–Crippen LogP) is 1.59. The fourth-order valence-electron chi connectivity index (χ4n) is 2.72. The molecule has 0 aliphatic carbocycles. The monoisotopic (exact) mass is 374 g/mol. The summed E-state index contributed by atoms with van der Waals surface area (Å²) in [6.45, 7) is 0.659. The van der Waals surface area contributed by atoms with Gasteiger partial charge in [0.1, 0.15) is 6.10 Å². The van der Waals surface area contributed by atoms with Crippen LogP contribution in [0.4, 0.5) is 0 Å². The van der Waals surface area contributed by atoms with Crippen LogP contribution in [0.15, 0.2) is 41.3 Å². The van der Waals surface area contributed by atoms with Crippen molar-refractivity contribution in [2.24, 2.45) is 0 Å². The Hall–Kier alpha value is -2.70. The molecule has 1 aliphatic rings. The molecule has 2 heterocycles. The molecule has 0 bridgehead atoms. The summed E-state index contributed by atoms with van der Waals surface area (Å²) in [6, 6.07) is 11.2. The molecule has 1 aromatic heterocycles. The van der Waals surface area contributed by atoms with Crippen LogP contribution in [0.1, 0.15) is 18.4 Å². The quantitative estimate of drug-likeness (QED) is 0.782. The van der Waals surface area contributed by atoms with Gasteiger partial charge in [-0.05, 0) is 37.1 Å². The highest BCUT2D eigenvalue weighted by Crippen LogP contribution is 2.23. The lowest BCUT2D eigenvalue weighted by Crippen LogP contribution is -2.44. The van der Waals surface area contributed by atoms with E-state index in [0.717, 1.165) is 6.42 Å². The Bertz CT molecular complexity index is 892. The van der Waals surface area contributed by atoms with Gasteiger partial charge in [0.15, 0.2) is 0 Å². The van der Waals surface area contributed by atoms with Crippen LogP contribution in [0, 0.1) is 11.3 Å². The smallest absolute Gasteiger partial charge is 0.243 e. The van der Waals surface area contributed by atoms with Crippen molar-refractivity contribution in [3.8, 4) is 17.8 Å². The maximum Gasteiger partial charge on any atom is 0.243 e. The Kier molecular flexibility index (Phi) is 5.35. The van der Waals surface area contributed by atoms with E-state index in [-0.39, 0.29) is 17.5 Å². The van der Waals surface area contributed by atoms with Gasteiger partial charge in [-0.15, -0.1) is 10.2 Å². The number of rotatable bonds is 5. The molecule has 1 aliphatic heterocycles. The molecule has 3 rings (SSSR count). The van der Waals surface area contributed by atoms with E-state index in [1.165, 1.54) is 35.7 Å². The highest BCUT2D eigenvalue weighted by Gasteiger charge is 2.31. The number of ether oxygens (including phenoxy) is 2. The minimum Gasteiger partial charge on any atom is -0.480 e. The molecule has 0 saturated carbocycles. The van der Waals surface area contributed by atoms with E-state index >= 15 is 0 Å². The van der Waals surface area contributed by atoms with Crippen molar-refractivity contribution in [2.75, 3.05) is 20.2 Å². The van der Waals surface area contributed by atoms with Gasteiger partial charge in [0.05, 0.1) is 30.2 Å². The molecule has 1 atom stereocenters. The first-order valence-electron chi connectivity index (χ1n) is 8.07. The van der Waals surface area contributed by atoms with Crippen LogP contribution in [0.5, 0.6) is 11.8 Å². The first-order valence-corrected chi connectivity index (χ1v) is 9.51. The average Bonchev–Trinajstić information content (AvgIpc) is 2.69. The third kappa shape index (κ3) is 3.92. The van der Waals surface area contributed by atoms with Gasteiger partial charge in [-0.3, -0.25) is 0 Å². The molecular formula is C17H18N4O4S. The number of nitrogens with zero attached hydrogens (tertiary/aromatic N) is 4. The van der Waals surface area contributed by atoms with Crippen LogP contribution in [-0.4, -0.2) is 49.2 Å². The van der Waals surface area contributed by atoms with E-state index in [1.54, 1.807) is 12.1 Å². The zero-order chi connectivity index (χ0) is 18.6. The highest BCUT2D eigenvalue weighted by atomic mass is 32.2. The van der Waals surface area contributed by atoms with Crippen LogP contribution < -0.4 is 9.47 Å². The number of methoxy groups -OCH3 is 1. The maximum atomic E-state index is 12.8. The second-order valence-electron chi connectivity index (χ2n) is 5.80. The van der Waals surface area contributed by atoms with Crippen molar-refractivity contribution in [2.45, 2.75) is 23.8 Å². The van der Waals surface area contributed by atoms with Crippen molar-refractivity contribution in [1.82, 2.24) is 14.5 Å². The van der Waals surface area contributed by atoms with Gasteiger partial charge in [-0.1, -0.05) is 0 Å². The summed E-state index contributed by atoms with van der Waals surface area (Å²) in [4.78, 5) is 0.168. The molecule has 0 radical (unpaired) electrons. The van der Waals surface area contributed by atoms with Crippen LogP contribution in [0.25, 0.3) is 0 Å². The minimum atomic E-state index is -3.63. The minimum absolute atomic E-state index is 0.168. The summed E-state index contributed by atoms with van der Waals surface area (Å²) in [7, 11) is -2.14. The van der Waals surface area contributed by atoms with Gasteiger partial charge in [0, 0.05) is 18.7 Å². The number of nitriles is 1.